The molecule has 0 radical (unpaired) electrons. The third-order valence-electron chi connectivity index (χ3n) is 1.44. The Hall–Kier alpha value is -0.810. The van der Waals surface area contributed by atoms with Crippen LogP contribution in [0.2, 0.25) is 0 Å². The lowest BCUT2D eigenvalue weighted by atomic mass is 10.1. The fourth-order valence-corrected chi connectivity index (χ4v) is 0.803. The highest BCUT2D eigenvalue weighted by molar-refractivity contribution is 5.75. The summed E-state index contributed by atoms with van der Waals surface area (Å²) in [6, 6.07) is -0.549. The van der Waals surface area contributed by atoms with E-state index in [4.69, 9.17) is 22.3 Å². The quantitative estimate of drug-likeness (QED) is 0.292. The highest BCUT2D eigenvalue weighted by Gasteiger charge is 2.13. The van der Waals surface area contributed by atoms with Crippen LogP contribution in [-0.4, -0.2) is 29.8 Å². The fourth-order valence-electron chi connectivity index (χ4n) is 0.803. The molecule has 0 aliphatic rings. The normalized spacial score (nSPS) is 15.5. The van der Waals surface area contributed by atoms with Gasteiger partial charge in [0.1, 0.15) is 0 Å². The molecule has 0 aliphatic heterocycles. The Bertz CT molecular complexity index is 133. The summed E-state index contributed by atoms with van der Waals surface area (Å²) in [6.07, 6.45) is 0.722. The SMILES string of the molecule is CCC(N=C(N)N)C(N)CO. The number of aliphatic hydroxyl groups is 1. The van der Waals surface area contributed by atoms with Gasteiger partial charge in [-0.25, -0.2) is 4.99 Å². The van der Waals surface area contributed by atoms with Crippen LogP contribution in [0.3, 0.4) is 0 Å². The summed E-state index contributed by atoms with van der Waals surface area (Å²) < 4.78 is 0. The van der Waals surface area contributed by atoms with Gasteiger partial charge in [0.25, 0.3) is 0 Å². The van der Waals surface area contributed by atoms with E-state index in [-0.39, 0.29) is 24.7 Å². The van der Waals surface area contributed by atoms with E-state index in [0.29, 0.717) is 0 Å². The van der Waals surface area contributed by atoms with Gasteiger partial charge in [-0.2, -0.15) is 0 Å². The van der Waals surface area contributed by atoms with Gasteiger partial charge in [0.05, 0.1) is 18.7 Å². The predicted octanol–water partition coefficient (Wildman–Crippen LogP) is -1.64. The molecule has 66 valence electrons. The lowest BCUT2D eigenvalue weighted by molar-refractivity contribution is 0.248. The summed E-state index contributed by atoms with van der Waals surface area (Å²) in [5, 5.41) is 8.67. The number of nitrogens with two attached hydrogens (primary N) is 3. The first-order valence-corrected chi connectivity index (χ1v) is 3.57. The Morgan fingerprint density at radius 3 is 2.36 bits per heavy atom. The van der Waals surface area contributed by atoms with Crippen molar-refractivity contribution < 1.29 is 5.11 Å². The van der Waals surface area contributed by atoms with Gasteiger partial charge in [0.15, 0.2) is 5.96 Å². The number of rotatable bonds is 4. The summed E-state index contributed by atoms with van der Waals surface area (Å²) >= 11 is 0. The van der Waals surface area contributed by atoms with E-state index in [1.807, 2.05) is 6.92 Å². The molecule has 2 unspecified atom stereocenters. The number of hydrogen-bond donors (Lipinski definition) is 4. The lowest BCUT2D eigenvalue weighted by Crippen LogP contribution is -2.39. The maximum atomic E-state index is 8.67. The summed E-state index contributed by atoms with van der Waals surface area (Å²) in [4.78, 5) is 3.85. The number of hydrogen-bond acceptors (Lipinski definition) is 3. The van der Waals surface area contributed by atoms with Crippen molar-refractivity contribution in [1.82, 2.24) is 0 Å². The minimum Gasteiger partial charge on any atom is -0.395 e. The molecule has 0 aromatic rings. The second kappa shape index (κ2) is 4.92. The Morgan fingerprint density at radius 1 is 1.55 bits per heavy atom. The maximum Gasteiger partial charge on any atom is 0.186 e. The Morgan fingerprint density at radius 2 is 2.09 bits per heavy atom. The van der Waals surface area contributed by atoms with Crippen molar-refractivity contribution in [2.24, 2.45) is 22.2 Å². The Kier molecular flexibility index (Phi) is 4.56. The van der Waals surface area contributed by atoms with E-state index < -0.39 is 0 Å². The molecule has 0 aromatic heterocycles. The molecule has 0 bridgehead atoms. The van der Waals surface area contributed by atoms with Crippen LogP contribution in [0.1, 0.15) is 13.3 Å². The second-order valence-corrected chi connectivity index (χ2v) is 2.38. The molecule has 2 atom stereocenters. The molecule has 0 rings (SSSR count). The molecule has 0 spiro atoms. The van der Waals surface area contributed by atoms with Crippen molar-refractivity contribution in [1.29, 1.82) is 0 Å². The van der Waals surface area contributed by atoms with Gasteiger partial charge in [0.2, 0.25) is 0 Å². The maximum absolute atomic E-state index is 8.67. The second-order valence-electron chi connectivity index (χ2n) is 2.38. The zero-order chi connectivity index (χ0) is 8.85. The van der Waals surface area contributed by atoms with E-state index in [2.05, 4.69) is 4.99 Å². The number of aliphatic imine (C=N–C) groups is 1. The van der Waals surface area contributed by atoms with E-state index >= 15 is 0 Å². The lowest BCUT2D eigenvalue weighted by Gasteiger charge is -2.15. The molecule has 0 amide bonds. The standard InChI is InChI=1S/C6H16N4O/c1-2-5(4(7)3-11)10-6(8)9/h4-5,11H,2-3,7H2,1H3,(H4,8,9,10). The number of aliphatic hydroxyl groups excluding tert-OH is 1. The molecule has 0 fully saturated rings. The zero-order valence-electron chi connectivity index (χ0n) is 6.70. The zero-order valence-corrected chi connectivity index (χ0v) is 6.70. The molecule has 5 heteroatoms. The van der Waals surface area contributed by atoms with Gasteiger partial charge < -0.3 is 22.3 Å². The van der Waals surface area contributed by atoms with Crippen LogP contribution in [-0.2, 0) is 0 Å². The van der Waals surface area contributed by atoms with Crippen LogP contribution in [0.15, 0.2) is 4.99 Å². The molecule has 7 N–H and O–H groups in total. The molecule has 5 nitrogen and oxygen atoms in total. The highest BCUT2D eigenvalue weighted by atomic mass is 16.3. The third-order valence-corrected chi connectivity index (χ3v) is 1.44. The van der Waals surface area contributed by atoms with E-state index in [1.165, 1.54) is 0 Å². The average Bonchev–Trinajstić information content (AvgIpc) is 1.98. The Labute approximate surface area is 66.3 Å². The smallest absolute Gasteiger partial charge is 0.186 e. The summed E-state index contributed by atoms with van der Waals surface area (Å²) in [7, 11) is 0. The van der Waals surface area contributed by atoms with Crippen LogP contribution in [0, 0.1) is 0 Å². The largest absolute Gasteiger partial charge is 0.395 e. The Balaban J connectivity index is 4.05. The first-order chi connectivity index (χ1) is 5.11. The van der Waals surface area contributed by atoms with Crippen molar-refractivity contribution in [2.45, 2.75) is 25.4 Å². The molecular formula is C6H16N4O. The summed E-state index contributed by atoms with van der Waals surface area (Å²) in [6.45, 7) is 1.81. The van der Waals surface area contributed by atoms with Gasteiger partial charge in [-0.05, 0) is 6.42 Å². The van der Waals surface area contributed by atoms with Crippen molar-refractivity contribution >= 4 is 5.96 Å². The third kappa shape index (κ3) is 3.79. The summed E-state index contributed by atoms with van der Waals surface area (Å²) in [5.41, 5.74) is 15.8. The minimum absolute atomic E-state index is 0.0146. The number of nitrogens with zero attached hydrogens (tertiary/aromatic N) is 1. The van der Waals surface area contributed by atoms with Crippen LogP contribution >= 0.6 is 0 Å². The van der Waals surface area contributed by atoms with E-state index in [1.54, 1.807) is 0 Å². The van der Waals surface area contributed by atoms with Gasteiger partial charge in [-0.15, -0.1) is 0 Å². The highest BCUT2D eigenvalue weighted by Crippen LogP contribution is 2.00. The van der Waals surface area contributed by atoms with Crippen LogP contribution in [0.5, 0.6) is 0 Å². The average molecular weight is 160 g/mol. The van der Waals surface area contributed by atoms with Gasteiger partial charge in [-0.3, -0.25) is 0 Å². The van der Waals surface area contributed by atoms with Gasteiger partial charge in [-0.1, -0.05) is 6.92 Å². The minimum atomic E-state index is -0.373. The van der Waals surface area contributed by atoms with Crippen molar-refractivity contribution in [3.8, 4) is 0 Å². The van der Waals surface area contributed by atoms with E-state index in [9.17, 15) is 0 Å². The molecule has 0 heterocycles. The van der Waals surface area contributed by atoms with E-state index in [0.717, 1.165) is 6.42 Å². The summed E-state index contributed by atoms with van der Waals surface area (Å²) in [5.74, 6) is 0.0146. The van der Waals surface area contributed by atoms with Crippen LogP contribution in [0.25, 0.3) is 0 Å². The fraction of sp³-hybridized carbons (Fsp3) is 0.833. The van der Waals surface area contributed by atoms with Gasteiger partial charge in [0, 0.05) is 0 Å². The van der Waals surface area contributed by atoms with Crippen molar-refractivity contribution in [3.63, 3.8) is 0 Å². The monoisotopic (exact) mass is 160 g/mol. The first-order valence-electron chi connectivity index (χ1n) is 3.57. The first kappa shape index (κ1) is 10.2. The molecule has 0 aromatic carbocycles. The van der Waals surface area contributed by atoms with Crippen LogP contribution < -0.4 is 17.2 Å². The van der Waals surface area contributed by atoms with Crippen LogP contribution in [0.4, 0.5) is 0 Å². The molecular weight excluding hydrogens is 144 g/mol. The van der Waals surface area contributed by atoms with Crippen molar-refractivity contribution in [2.75, 3.05) is 6.61 Å². The molecule has 0 saturated heterocycles. The molecule has 0 aliphatic carbocycles. The number of guanidine groups is 1. The topological polar surface area (TPSA) is 111 Å². The molecule has 11 heavy (non-hydrogen) atoms. The molecule has 0 saturated carbocycles. The van der Waals surface area contributed by atoms with Gasteiger partial charge >= 0.3 is 0 Å². The van der Waals surface area contributed by atoms with Crippen molar-refractivity contribution in [3.05, 3.63) is 0 Å². The predicted molar refractivity (Wildman–Crippen MR) is 44.9 cm³/mol.